The highest BCUT2D eigenvalue weighted by Gasteiger charge is 2.09. The Balaban J connectivity index is 1.80. The molecule has 2 aromatic carbocycles. The van der Waals surface area contributed by atoms with E-state index in [0.717, 1.165) is 28.5 Å². The number of aromatic hydroxyl groups is 1. The number of imidazole rings is 1. The molecule has 0 unspecified atom stereocenters. The maximum Gasteiger partial charge on any atom is 0.203 e. The first-order chi connectivity index (χ1) is 11.2. The average Bonchev–Trinajstić information content (AvgIpc) is 2.95. The Morgan fingerprint density at radius 3 is 2.78 bits per heavy atom. The summed E-state index contributed by atoms with van der Waals surface area (Å²) in [4.78, 5) is 4.42. The minimum atomic E-state index is 0.280. The molecule has 0 aliphatic heterocycles. The van der Waals surface area contributed by atoms with Crippen LogP contribution in [-0.2, 0) is 13.6 Å². The fourth-order valence-electron chi connectivity index (χ4n) is 2.46. The van der Waals surface area contributed by atoms with Crippen LogP contribution in [0.1, 0.15) is 5.56 Å². The Bertz CT molecular complexity index is 812. The molecule has 0 radical (unpaired) electrons. The number of rotatable bonds is 5. The van der Waals surface area contributed by atoms with Crippen molar-refractivity contribution in [3.8, 4) is 22.8 Å². The van der Waals surface area contributed by atoms with Gasteiger partial charge in [-0.1, -0.05) is 30.3 Å². The van der Waals surface area contributed by atoms with Gasteiger partial charge in [0.25, 0.3) is 0 Å². The van der Waals surface area contributed by atoms with Crippen molar-refractivity contribution in [2.45, 2.75) is 6.54 Å². The van der Waals surface area contributed by atoms with Crippen molar-refractivity contribution < 1.29 is 9.84 Å². The van der Waals surface area contributed by atoms with Crippen LogP contribution in [0.4, 0.5) is 5.95 Å². The first-order valence-corrected chi connectivity index (χ1v) is 7.36. The van der Waals surface area contributed by atoms with Crippen LogP contribution >= 0.6 is 0 Å². The Kier molecular flexibility index (Phi) is 4.19. The third-order valence-corrected chi connectivity index (χ3v) is 3.78. The average molecular weight is 309 g/mol. The molecule has 0 bridgehead atoms. The van der Waals surface area contributed by atoms with Crippen molar-refractivity contribution in [2.24, 2.45) is 7.05 Å². The number of aromatic nitrogens is 2. The van der Waals surface area contributed by atoms with Gasteiger partial charge in [-0.2, -0.15) is 0 Å². The lowest BCUT2D eigenvalue weighted by atomic mass is 10.1. The highest BCUT2D eigenvalue weighted by molar-refractivity contribution is 5.63. The molecule has 0 aliphatic rings. The second-order valence-electron chi connectivity index (χ2n) is 5.24. The van der Waals surface area contributed by atoms with E-state index >= 15 is 0 Å². The molecule has 0 saturated carbocycles. The van der Waals surface area contributed by atoms with Crippen LogP contribution in [-0.4, -0.2) is 21.8 Å². The molecule has 1 aromatic heterocycles. The van der Waals surface area contributed by atoms with E-state index in [1.165, 1.54) is 0 Å². The summed E-state index contributed by atoms with van der Waals surface area (Å²) in [6, 6.07) is 15.1. The summed E-state index contributed by atoms with van der Waals surface area (Å²) in [5, 5.41) is 13.1. The van der Waals surface area contributed by atoms with E-state index in [4.69, 9.17) is 4.74 Å². The van der Waals surface area contributed by atoms with Gasteiger partial charge in [0, 0.05) is 24.7 Å². The molecule has 0 fully saturated rings. The molecule has 23 heavy (non-hydrogen) atoms. The number of ether oxygens (including phenoxy) is 1. The van der Waals surface area contributed by atoms with E-state index in [1.807, 2.05) is 54.2 Å². The summed E-state index contributed by atoms with van der Waals surface area (Å²) in [7, 11) is 3.61. The third-order valence-electron chi connectivity index (χ3n) is 3.78. The van der Waals surface area contributed by atoms with Gasteiger partial charge in [0.2, 0.25) is 5.95 Å². The molecule has 5 heteroatoms. The summed E-state index contributed by atoms with van der Waals surface area (Å²) in [6.45, 7) is 0.509. The SMILES string of the molecule is COc1cccc(-c2cnc(NCc3ccccc3O)n2C)c1. The van der Waals surface area contributed by atoms with E-state index < -0.39 is 0 Å². The fraction of sp³-hybridized carbons (Fsp3) is 0.167. The van der Waals surface area contributed by atoms with Gasteiger partial charge in [0.1, 0.15) is 11.5 Å². The highest BCUT2D eigenvalue weighted by atomic mass is 16.5. The minimum absolute atomic E-state index is 0.280. The van der Waals surface area contributed by atoms with Crippen LogP contribution < -0.4 is 10.1 Å². The molecule has 118 valence electrons. The van der Waals surface area contributed by atoms with E-state index in [-0.39, 0.29) is 5.75 Å². The zero-order valence-electron chi connectivity index (χ0n) is 13.2. The molecule has 0 amide bonds. The summed E-state index contributed by atoms with van der Waals surface area (Å²) in [6.07, 6.45) is 1.82. The predicted molar refractivity (Wildman–Crippen MR) is 90.6 cm³/mol. The number of para-hydroxylation sites is 1. The summed E-state index contributed by atoms with van der Waals surface area (Å²) < 4.78 is 7.25. The quantitative estimate of drug-likeness (QED) is 0.758. The lowest BCUT2D eigenvalue weighted by Crippen LogP contribution is -2.05. The molecule has 1 heterocycles. The standard InChI is InChI=1S/C18H19N3O2/c1-21-16(13-7-5-8-15(10-13)23-2)12-20-18(21)19-11-14-6-3-4-9-17(14)22/h3-10,12,22H,11H2,1-2H3,(H,19,20). The molecule has 0 aliphatic carbocycles. The number of nitrogens with one attached hydrogen (secondary N) is 1. The zero-order valence-corrected chi connectivity index (χ0v) is 13.2. The van der Waals surface area contributed by atoms with Crippen molar-refractivity contribution in [3.63, 3.8) is 0 Å². The predicted octanol–water partition coefficient (Wildman–Crippen LogP) is 3.41. The molecule has 5 nitrogen and oxygen atoms in total. The largest absolute Gasteiger partial charge is 0.508 e. The first-order valence-electron chi connectivity index (χ1n) is 7.36. The number of phenols is 1. The van der Waals surface area contributed by atoms with Crippen LogP contribution in [0.15, 0.2) is 54.7 Å². The number of benzene rings is 2. The maximum absolute atomic E-state index is 9.82. The van der Waals surface area contributed by atoms with Crippen LogP contribution in [0.25, 0.3) is 11.3 Å². The van der Waals surface area contributed by atoms with Crippen LogP contribution in [0.2, 0.25) is 0 Å². The Morgan fingerprint density at radius 1 is 1.17 bits per heavy atom. The molecular weight excluding hydrogens is 290 g/mol. The topological polar surface area (TPSA) is 59.3 Å². The van der Waals surface area contributed by atoms with E-state index in [9.17, 15) is 5.11 Å². The van der Waals surface area contributed by atoms with Crippen molar-refractivity contribution in [2.75, 3.05) is 12.4 Å². The molecule has 0 saturated heterocycles. The van der Waals surface area contributed by atoms with Crippen LogP contribution in [0, 0.1) is 0 Å². The fourth-order valence-corrected chi connectivity index (χ4v) is 2.46. The summed E-state index contributed by atoms with van der Waals surface area (Å²) in [5.41, 5.74) is 2.86. The van der Waals surface area contributed by atoms with Gasteiger partial charge >= 0.3 is 0 Å². The molecule has 0 spiro atoms. The first kappa shape index (κ1) is 15.0. The monoisotopic (exact) mass is 309 g/mol. The van der Waals surface area contributed by atoms with Crippen molar-refractivity contribution in [3.05, 3.63) is 60.3 Å². The zero-order chi connectivity index (χ0) is 16.2. The van der Waals surface area contributed by atoms with Crippen molar-refractivity contribution >= 4 is 5.95 Å². The van der Waals surface area contributed by atoms with E-state index in [0.29, 0.717) is 6.54 Å². The Hall–Kier alpha value is -2.95. The molecular formula is C18H19N3O2. The Morgan fingerprint density at radius 2 is 2.00 bits per heavy atom. The van der Waals surface area contributed by atoms with E-state index in [2.05, 4.69) is 10.3 Å². The number of hydrogen-bond donors (Lipinski definition) is 2. The maximum atomic E-state index is 9.82. The Labute approximate surface area is 135 Å². The van der Waals surface area contributed by atoms with Gasteiger partial charge in [-0.15, -0.1) is 0 Å². The molecule has 3 rings (SSSR count). The third kappa shape index (κ3) is 3.13. The summed E-state index contributed by atoms with van der Waals surface area (Å²) in [5.74, 6) is 1.83. The van der Waals surface area contributed by atoms with Gasteiger partial charge < -0.3 is 19.7 Å². The van der Waals surface area contributed by atoms with E-state index in [1.54, 1.807) is 19.2 Å². The van der Waals surface area contributed by atoms with Gasteiger partial charge in [-0.3, -0.25) is 0 Å². The van der Waals surface area contributed by atoms with Crippen molar-refractivity contribution in [1.82, 2.24) is 9.55 Å². The lowest BCUT2D eigenvalue weighted by molar-refractivity contribution is 0.415. The summed E-state index contributed by atoms with van der Waals surface area (Å²) >= 11 is 0. The molecule has 0 atom stereocenters. The minimum Gasteiger partial charge on any atom is -0.508 e. The van der Waals surface area contributed by atoms with Gasteiger partial charge in [-0.25, -0.2) is 4.98 Å². The second-order valence-corrected chi connectivity index (χ2v) is 5.24. The van der Waals surface area contributed by atoms with Crippen LogP contribution in [0.5, 0.6) is 11.5 Å². The second kappa shape index (κ2) is 6.44. The van der Waals surface area contributed by atoms with Gasteiger partial charge in [0.15, 0.2) is 0 Å². The highest BCUT2D eigenvalue weighted by Crippen LogP contribution is 2.26. The van der Waals surface area contributed by atoms with Crippen LogP contribution in [0.3, 0.4) is 0 Å². The lowest BCUT2D eigenvalue weighted by Gasteiger charge is -2.10. The number of nitrogens with zero attached hydrogens (tertiary/aromatic N) is 2. The number of hydrogen-bond acceptors (Lipinski definition) is 4. The number of phenolic OH excluding ortho intramolecular Hbond substituents is 1. The number of anilines is 1. The van der Waals surface area contributed by atoms with Gasteiger partial charge in [0.05, 0.1) is 19.0 Å². The van der Waals surface area contributed by atoms with Crippen molar-refractivity contribution in [1.29, 1.82) is 0 Å². The van der Waals surface area contributed by atoms with Gasteiger partial charge in [-0.05, 0) is 18.2 Å². The smallest absolute Gasteiger partial charge is 0.203 e. The normalized spacial score (nSPS) is 10.5. The molecule has 2 N–H and O–H groups in total. The number of methoxy groups -OCH3 is 1. The molecule has 3 aromatic rings.